The Morgan fingerprint density at radius 3 is 2.94 bits per heavy atom. The number of alkyl halides is 1. The number of nitrogen functional groups attached to an aromatic ring is 1. The zero-order valence-corrected chi connectivity index (χ0v) is 8.98. The van der Waals surface area contributed by atoms with Gasteiger partial charge in [-0.1, -0.05) is 12.1 Å². The van der Waals surface area contributed by atoms with Crippen LogP contribution in [0.3, 0.4) is 0 Å². The van der Waals surface area contributed by atoms with Gasteiger partial charge in [0.25, 0.3) is 0 Å². The van der Waals surface area contributed by atoms with Crippen LogP contribution in [-0.4, -0.2) is 18.8 Å². The van der Waals surface area contributed by atoms with Crippen LogP contribution in [0.1, 0.15) is 12.5 Å². The summed E-state index contributed by atoms with van der Waals surface area (Å²) in [6, 6.07) is 6.92. The number of anilines is 1. The number of rotatable bonds is 1. The second-order valence-corrected chi connectivity index (χ2v) is 4.00. The van der Waals surface area contributed by atoms with Gasteiger partial charge < -0.3 is 16.2 Å². The SMILES string of the molecule is CC1(c2cccc(N)c2)N=C(N)COC1F. The Labute approximate surface area is 93.1 Å². The summed E-state index contributed by atoms with van der Waals surface area (Å²) in [5.74, 6) is 0.291. The molecule has 0 bridgehead atoms. The number of nitrogens with two attached hydrogens (primary N) is 2. The lowest BCUT2D eigenvalue weighted by Gasteiger charge is -2.33. The van der Waals surface area contributed by atoms with E-state index in [0.29, 0.717) is 17.1 Å². The summed E-state index contributed by atoms with van der Waals surface area (Å²) in [4.78, 5) is 4.15. The predicted octanol–water partition coefficient (Wildman–Crippen LogP) is 1.17. The van der Waals surface area contributed by atoms with Gasteiger partial charge in [0, 0.05) is 5.69 Å². The molecule has 1 aromatic carbocycles. The van der Waals surface area contributed by atoms with Gasteiger partial charge >= 0.3 is 0 Å². The Morgan fingerprint density at radius 2 is 2.25 bits per heavy atom. The molecular weight excluding hydrogens is 209 g/mol. The van der Waals surface area contributed by atoms with Crippen LogP contribution in [0.25, 0.3) is 0 Å². The van der Waals surface area contributed by atoms with Crippen LogP contribution in [0, 0.1) is 0 Å². The van der Waals surface area contributed by atoms with Crippen molar-refractivity contribution < 1.29 is 9.13 Å². The maximum atomic E-state index is 13.8. The molecule has 2 atom stereocenters. The number of aliphatic imine (C=N–C) groups is 1. The van der Waals surface area contributed by atoms with E-state index in [2.05, 4.69) is 4.99 Å². The second-order valence-electron chi connectivity index (χ2n) is 4.00. The molecule has 5 heteroatoms. The molecule has 4 nitrogen and oxygen atoms in total. The molecule has 0 saturated carbocycles. The molecule has 0 radical (unpaired) electrons. The molecule has 86 valence electrons. The molecule has 16 heavy (non-hydrogen) atoms. The van der Waals surface area contributed by atoms with Crippen molar-refractivity contribution in [3.8, 4) is 0 Å². The zero-order chi connectivity index (χ0) is 11.8. The van der Waals surface area contributed by atoms with Crippen LogP contribution in [0.5, 0.6) is 0 Å². The van der Waals surface area contributed by atoms with Crippen LogP contribution in [0.15, 0.2) is 29.3 Å². The number of halogens is 1. The van der Waals surface area contributed by atoms with E-state index in [1.54, 1.807) is 31.2 Å². The summed E-state index contributed by atoms with van der Waals surface area (Å²) >= 11 is 0. The predicted molar refractivity (Wildman–Crippen MR) is 60.7 cm³/mol. The first-order valence-corrected chi connectivity index (χ1v) is 4.98. The van der Waals surface area contributed by atoms with Crippen LogP contribution in [-0.2, 0) is 10.3 Å². The van der Waals surface area contributed by atoms with Crippen molar-refractivity contribution in [2.45, 2.75) is 18.8 Å². The monoisotopic (exact) mass is 223 g/mol. The molecule has 0 fully saturated rings. The van der Waals surface area contributed by atoms with Gasteiger partial charge in [0.1, 0.15) is 18.0 Å². The highest BCUT2D eigenvalue weighted by Gasteiger charge is 2.40. The molecule has 0 amide bonds. The van der Waals surface area contributed by atoms with E-state index in [9.17, 15) is 4.39 Å². The normalized spacial score (nSPS) is 29.9. The van der Waals surface area contributed by atoms with E-state index >= 15 is 0 Å². The van der Waals surface area contributed by atoms with Gasteiger partial charge in [-0.2, -0.15) is 0 Å². The molecule has 2 unspecified atom stereocenters. The standard InChI is InChI=1S/C11H14FN3O/c1-11(7-3-2-4-8(13)5-7)10(12)16-6-9(14)15-11/h2-5,10H,6,13H2,1H3,(H2,14,15). The Balaban J connectivity index is 2.47. The van der Waals surface area contributed by atoms with E-state index in [0.717, 1.165) is 0 Å². The quantitative estimate of drug-likeness (QED) is 0.702. The molecule has 1 aromatic rings. The molecule has 0 spiro atoms. The largest absolute Gasteiger partial charge is 0.399 e. The highest BCUT2D eigenvalue weighted by Crippen LogP contribution is 2.34. The number of hydrogen-bond donors (Lipinski definition) is 2. The van der Waals surface area contributed by atoms with Crippen molar-refractivity contribution in [1.82, 2.24) is 0 Å². The summed E-state index contributed by atoms with van der Waals surface area (Å²) < 4.78 is 18.7. The molecule has 0 aliphatic carbocycles. The molecule has 0 saturated heterocycles. The van der Waals surface area contributed by atoms with Gasteiger partial charge in [-0.25, -0.2) is 4.39 Å². The lowest BCUT2D eigenvalue weighted by Crippen LogP contribution is -2.43. The zero-order valence-electron chi connectivity index (χ0n) is 8.98. The minimum absolute atomic E-state index is 0.0269. The van der Waals surface area contributed by atoms with E-state index in [1.807, 2.05) is 0 Å². The van der Waals surface area contributed by atoms with E-state index in [-0.39, 0.29) is 6.61 Å². The van der Waals surface area contributed by atoms with Crippen LogP contribution in [0.2, 0.25) is 0 Å². The first-order valence-electron chi connectivity index (χ1n) is 4.98. The third-order valence-electron chi connectivity index (χ3n) is 2.67. The highest BCUT2D eigenvalue weighted by atomic mass is 19.1. The summed E-state index contributed by atoms with van der Waals surface area (Å²) in [5.41, 5.74) is 11.3. The number of hydrogen-bond acceptors (Lipinski definition) is 4. The fraction of sp³-hybridized carbons (Fsp3) is 0.364. The van der Waals surface area contributed by atoms with Gasteiger partial charge in [-0.3, -0.25) is 4.99 Å². The van der Waals surface area contributed by atoms with Gasteiger partial charge in [-0.05, 0) is 24.6 Å². The van der Waals surface area contributed by atoms with E-state index in [1.165, 1.54) is 0 Å². The smallest absolute Gasteiger partial charge is 0.228 e. The highest BCUT2D eigenvalue weighted by molar-refractivity contribution is 5.82. The van der Waals surface area contributed by atoms with Gasteiger partial charge in [0.2, 0.25) is 6.36 Å². The first kappa shape index (κ1) is 10.9. The molecule has 1 aliphatic rings. The van der Waals surface area contributed by atoms with Crippen molar-refractivity contribution in [3.05, 3.63) is 29.8 Å². The summed E-state index contributed by atoms with van der Waals surface area (Å²) in [6.07, 6.45) is -1.51. The third kappa shape index (κ3) is 1.74. The Hall–Kier alpha value is -1.62. The fourth-order valence-electron chi connectivity index (χ4n) is 1.75. The Morgan fingerprint density at radius 1 is 1.50 bits per heavy atom. The van der Waals surface area contributed by atoms with Crippen LogP contribution < -0.4 is 11.5 Å². The van der Waals surface area contributed by atoms with Crippen molar-refractivity contribution >= 4 is 11.5 Å². The van der Waals surface area contributed by atoms with Gasteiger partial charge in [-0.15, -0.1) is 0 Å². The minimum atomic E-state index is -1.51. The second kappa shape index (κ2) is 3.75. The maximum absolute atomic E-state index is 13.8. The third-order valence-corrected chi connectivity index (χ3v) is 2.67. The first-order chi connectivity index (χ1) is 7.52. The average Bonchev–Trinajstić information content (AvgIpc) is 2.24. The van der Waals surface area contributed by atoms with Gasteiger partial charge in [0.05, 0.1) is 0 Å². The van der Waals surface area contributed by atoms with Crippen molar-refractivity contribution in [1.29, 1.82) is 0 Å². The molecule has 1 aliphatic heterocycles. The van der Waals surface area contributed by atoms with Crippen molar-refractivity contribution in [2.24, 2.45) is 10.7 Å². The van der Waals surface area contributed by atoms with Crippen molar-refractivity contribution in [2.75, 3.05) is 12.3 Å². The van der Waals surface area contributed by atoms with E-state index in [4.69, 9.17) is 16.2 Å². The topological polar surface area (TPSA) is 73.6 Å². The Bertz CT molecular complexity index is 435. The summed E-state index contributed by atoms with van der Waals surface area (Å²) in [7, 11) is 0. The number of nitrogens with zero attached hydrogens (tertiary/aromatic N) is 1. The van der Waals surface area contributed by atoms with E-state index < -0.39 is 11.9 Å². The minimum Gasteiger partial charge on any atom is -0.399 e. The molecule has 0 aromatic heterocycles. The summed E-state index contributed by atoms with van der Waals surface area (Å²) in [5, 5.41) is 0. The molecular formula is C11H14FN3O. The van der Waals surface area contributed by atoms with Crippen LogP contribution >= 0.6 is 0 Å². The molecule has 2 rings (SSSR count). The van der Waals surface area contributed by atoms with Crippen molar-refractivity contribution in [3.63, 3.8) is 0 Å². The summed E-state index contributed by atoms with van der Waals surface area (Å²) in [6.45, 7) is 1.66. The number of benzene rings is 1. The maximum Gasteiger partial charge on any atom is 0.228 e. The lowest BCUT2D eigenvalue weighted by molar-refractivity contribution is -0.0795. The number of ether oxygens (including phenoxy) is 1. The fourth-order valence-corrected chi connectivity index (χ4v) is 1.75. The lowest BCUT2D eigenvalue weighted by atomic mass is 9.91. The molecule has 1 heterocycles. The number of amidine groups is 1. The average molecular weight is 223 g/mol. The van der Waals surface area contributed by atoms with Gasteiger partial charge in [0.15, 0.2) is 0 Å². The Kier molecular flexibility index (Phi) is 2.55. The molecule has 4 N–H and O–H groups in total. The van der Waals surface area contributed by atoms with Crippen LogP contribution in [0.4, 0.5) is 10.1 Å².